The lowest BCUT2D eigenvalue weighted by Gasteiger charge is -2.36. The highest BCUT2D eigenvalue weighted by Gasteiger charge is 2.46. The SMILES string of the molecule is C[C@@H](NC(=O)C[C@@H](O)C(=O)N1CC2CC1CN2c1ccc(Cl)cc1)c1ccc(-n2cccn2)cc1. The average molecular weight is 494 g/mol. The molecule has 2 aliphatic heterocycles. The number of aromatic nitrogens is 2. The fraction of sp³-hybridized carbons (Fsp3) is 0.346. The van der Waals surface area contributed by atoms with Crippen LogP contribution in [-0.2, 0) is 9.59 Å². The van der Waals surface area contributed by atoms with Gasteiger partial charge in [0.1, 0.15) is 6.10 Å². The van der Waals surface area contributed by atoms with E-state index in [1.54, 1.807) is 15.8 Å². The third kappa shape index (κ3) is 4.90. The van der Waals surface area contributed by atoms with Gasteiger partial charge in [0, 0.05) is 42.2 Å². The number of benzene rings is 2. The molecule has 182 valence electrons. The summed E-state index contributed by atoms with van der Waals surface area (Å²) in [4.78, 5) is 29.5. The molecule has 2 unspecified atom stereocenters. The van der Waals surface area contributed by atoms with Crippen molar-refractivity contribution in [3.8, 4) is 5.69 Å². The number of nitrogens with one attached hydrogen (secondary N) is 1. The first-order valence-electron chi connectivity index (χ1n) is 11.8. The Morgan fingerprint density at radius 2 is 1.80 bits per heavy atom. The van der Waals surface area contributed by atoms with Crippen LogP contribution in [0.15, 0.2) is 67.0 Å². The van der Waals surface area contributed by atoms with Gasteiger partial charge in [-0.1, -0.05) is 23.7 Å². The van der Waals surface area contributed by atoms with Gasteiger partial charge in [-0.15, -0.1) is 0 Å². The number of halogens is 1. The number of rotatable bonds is 7. The Labute approximate surface area is 209 Å². The van der Waals surface area contributed by atoms with Gasteiger partial charge in [0.2, 0.25) is 5.91 Å². The zero-order valence-electron chi connectivity index (χ0n) is 19.4. The third-order valence-electron chi connectivity index (χ3n) is 6.89. The van der Waals surface area contributed by atoms with Crippen LogP contribution in [0.2, 0.25) is 5.02 Å². The molecule has 3 aromatic rings. The molecule has 0 spiro atoms. The van der Waals surface area contributed by atoms with Crippen LogP contribution in [0.4, 0.5) is 5.69 Å². The number of carbonyl (C=O) groups is 2. The predicted molar refractivity (Wildman–Crippen MR) is 133 cm³/mol. The minimum absolute atomic E-state index is 0.0353. The highest BCUT2D eigenvalue weighted by molar-refractivity contribution is 6.30. The van der Waals surface area contributed by atoms with E-state index in [1.165, 1.54) is 0 Å². The molecule has 2 saturated heterocycles. The first-order chi connectivity index (χ1) is 16.9. The van der Waals surface area contributed by atoms with Gasteiger partial charge in [-0.2, -0.15) is 5.10 Å². The molecule has 2 N–H and O–H groups in total. The van der Waals surface area contributed by atoms with E-state index in [2.05, 4.69) is 15.3 Å². The maximum Gasteiger partial charge on any atom is 0.252 e. The number of nitrogens with zero attached hydrogens (tertiary/aromatic N) is 4. The van der Waals surface area contributed by atoms with Gasteiger partial charge in [-0.3, -0.25) is 9.59 Å². The molecule has 5 rings (SSSR count). The number of aliphatic hydroxyl groups is 1. The molecule has 0 aliphatic carbocycles. The molecule has 2 aromatic carbocycles. The highest BCUT2D eigenvalue weighted by Crippen LogP contribution is 2.35. The van der Waals surface area contributed by atoms with E-state index in [-0.39, 0.29) is 36.4 Å². The van der Waals surface area contributed by atoms with Crippen molar-refractivity contribution in [3.63, 3.8) is 0 Å². The number of anilines is 1. The van der Waals surface area contributed by atoms with Gasteiger partial charge < -0.3 is 20.2 Å². The van der Waals surface area contributed by atoms with Gasteiger partial charge in [0.15, 0.2) is 0 Å². The predicted octanol–water partition coefficient (Wildman–Crippen LogP) is 2.94. The Bertz CT molecular complexity index is 1180. The molecule has 0 saturated carbocycles. The lowest BCUT2D eigenvalue weighted by molar-refractivity contribution is -0.144. The number of amides is 2. The first-order valence-corrected chi connectivity index (χ1v) is 12.2. The van der Waals surface area contributed by atoms with Gasteiger partial charge in [0.25, 0.3) is 5.91 Å². The average Bonchev–Trinajstić information content (AvgIpc) is 3.62. The minimum Gasteiger partial charge on any atom is -0.383 e. The molecule has 8 nitrogen and oxygen atoms in total. The summed E-state index contributed by atoms with van der Waals surface area (Å²) >= 11 is 6.00. The zero-order chi connectivity index (χ0) is 24.5. The van der Waals surface area contributed by atoms with Crippen LogP contribution < -0.4 is 10.2 Å². The molecule has 9 heteroatoms. The van der Waals surface area contributed by atoms with Gasteiger partial charge >= 0.3 is 0 Å². The summed E-state index contributed by atoms with van der Waals surface area (Å²) in [6.45, 7) is 3.13. The van der Waals surface area contributed by atoms with E-state index in [4.69, 9.17) is 11.6 Å². The largest absolute Gasteiger partial charge is 0.383 e. The van der Waals surface area contributed by atoms with Crippen molar-refractivity contribution in [1.82, 2.24) is 20.0 Å². The Kier molecular flexibility index (Phi) is 6.49. The highest BCUT2D eigenvalue weighted by atomic mass is 35.5. The molecule has 1 aromatic heterocycles. The topological polar surface area (TPSA) is 90.7 Å². The molecular formula is C26H28ClN5O3. The van der Waals surface area contributed by atoms with Crippen molar-refractivity contribution < 1.29 is 14.7 Å². The Morgan fingerprint density at radius 1 is 1.09 bits per heavy atom. The molecule has 2 aliphatic rings. The van der Waals surface area contributed by atoms with E-state index < -0.39 is 6.10 Å². The van der Waals surface area contributed by atoms with E-state index in [0.717, 1.165) is 23.4 Å². The maximum atomic E-state index is 12.9. The summed E-state index contributed by atoms with van der Waals surface area (Å²) in [7, 11) is 0. The van der Waals surface area contributed by atoms with E-state index in [9.17, 15) is 14.7 Å². The normalized spacial score (nSPS) is 20.7. The molecule has 2 fully saturated rings. The molecule has 2 amide bonds. The van der Waals surface area contributed by atoms with Crippen LogP contribution in [0.25, 0.3) is 5.69 Å². The second kappa shape index (κ2) is 9.71. The maximum absolute atomic E-state index is 12.9. The molecule has 2 bridgehead atoms. The Balaban J connectivity index is 1.12. The Morgan fingerprint density at radius 3 is 2.43 bits per heavy atom. The van der Waals surface area contributed by atoms with Crippen LogP contribution in [0.5, 0.6) is 0 Å². The summed E-state index contributed by atoms with van der Waals surface area (Å²) in [5.74, 6) is -0.735. The van der Waals surface area contributed by atoms with Crippen LogP contribution in [0, 0.1) is 0 Å². The lowest BCUT2D eigenvalue weighted by atomic mass is 10.1. The monoisotopic (exact) mass is 493 g/mol. The number of carbonyl (C=O) groups excluding carboxylic acids is 2. The van der Waals surface area contributed by atoms with Crippen molar-refractivity contribution in [1.29, 1.82) is 0 Å². The summed E-state index contributed by atoms with van der Waals surface area (Å²) in [6, 6.07) is 17.3. The third-order valence-corrected chi connectivity index (χ3v) is 7.14. The second-order valence-corrected chi connectivity index (χ2v) is 9.65. The first kappa shape index (κ1) is 23.4. The molecule has 3 heterocycles. The van der Waals surface area contributed by atoms with Crippen LogP contribution in [0.1, 0.15) is 31.4 Å². The Hall–Kier alpha value is -3.36. The van der Waals surface area contributed by atoms with Crippen molar-refractivity contribution in [2.75, 3.05) is 18.0 Å². The molecule has 35 heavy (non-hydrogen) atoms. The number of aliphatic hydroxyl groups excluding tert-OH is 1. The minimum atomic E-state index is -1.35. The quantitative estimate of drug-likeness (QED) is 0.528. The van der Waals surface area contributed by atoms with Gasteiger partial charge in [-0.05, 0) is 61.4 Å². The van der Waals surface area contributed by atoms with E-state index in [1.807, 2.05) is 67.7 Å². The van der Waals surface area contributed by atoms with Crippen LogP contribution in [-0.4, -0.2) is 62.9 Å². The fourth-order valence-corrected chi connectivity index (χ4v) is 5.19. The summed E-state index contributed by atoms with van der Waals surface area (Å²) in [5, 5.41) is 18.3. The zero-order valence-corrected chi connectivity index (χ0v) is 20.2. The summed E-state index contributed by atoms with van der Waals surface area (Å²) in [5.41, 5.74) is 2.93. The summed E-state index contributed by atoms with van der Waals surface area (Å²) < 4.78 is 1.76. The van der Waals surface area contributed by atoms with E-state index >= 15 is 0 Å². The van der Waals surface area contributed by atoms with Crippen LogP contribution >= 0.6 is 11.6 Å². The number of hydrogen-bond donors (Lipinski definition) is 2. The number of piperazine rings is 1. The number of hydrogen-bond acceptors (Lipinski definition) is 5. The van der Waals surface area contributed by atoms with Gasteiger partial charge in [-0.25, -0.2) is 4.68 Å². The summed E-state index contributed by atoms with van der Waals surface area (Å²) in [6.07, 6.45) is 2.82. The molecule has 0 radical (unpaired) electrons. The molecule has 4 atom stereocenters. The van der Waals surface area contributed by atoms with Gasteiger partial charge in [0.05, 0.1) is 24.2 Å². The molecular weight excluding hydrogens is 466 g/mol. The van der Waals surface area contributed by atoms with E-state index in [0.29, 0.717) is 18.1 Å². The fourth-order valence-electron chi connectivity index (χ4n) is 5.06. The van der Waals surface area contributed by atoms with Crippen molar-refractivity contribution in [3.05, 3.63) is 77.6 Å². The standard InChI is InChI=1S/C26H28ClN5O3/c1-17(18-3-7-21(8-4-18)32-12-2-11-28-32)29-25(34)14-24(33)26(35)31-16-22-13-23(31)15-30(22)20-9-5-19(27)6-10-20/h2-12,17,22-24,33H,13-16H2,1H3,(H,29,34)/t17-,22?,23?,24-/m1/s1. The lowest BCUT2D eigenvalue weighted by Crippen LogP contribution is -2.52. The number of likely N-dealkylation sites (tertiary alicyclic amines) is 1. The van der Waals surface area contributed by atoms with Crippen molar-refractivity contribution >= 4 is 29.1 Å². The number of fused-ring (bicyclic) bond motifs is 2. The smallest absolute Gasteiger partial charge is 0.252 e. The second-order valence-electron chi connectivity index (χ2n) is 9.21. The van der Waals surface area contributed by atoms with Crippen molar-refractivity contribution in [2.24, 2.45) is 0 Å². The van der Waals surface area contributed by atoms with Crippen LogP contribution in [0.3, 0.4) is 0 Å². The van der Waals surface area contributed by atoms with Crippen molar-refractivity contribution in [2.45, 2.75) is 44.0 Å².